The van der Waals surface area contributed by atoms with Crippen molar-refractivity contribution in [3.05, 3.63) is 45.9 Å². The maximum Gasteiger partial charge on any atom is 0.266 e. The topological polar surface area (TPSA) is 45.7 Å². The van der Waals surface area contributed by atoms with Crippen LogP contribution in [0.1, 0.15) is 25.3 Å². The summed E-state index contributed by atoms with van der Waals surface area (Å²) in [6.07, 6.45) is 2.79. The molecule has 0 N–H and O–H groups in total. The van der Waals surface area contributed by atoms with Crippen LogP contribution in [0.3, 0.4) is 0 Å². The Morgan fingerprint density at radius 1 is 1.23 bits per heavy atom. The Balaban J connectivity index is 1.58. The number of amides is 1. The number of carbonyl (C=O) groups excluding carboxylic acids is 1. The fourth-order valence-electron chi connectivity index (χ4n) is 3.08. The summed E-state index contributed by atoms with van der Waals surface area (Å²) in [7, 11) is 0. The van der Waals surface area contributed by atoms with Gasteiger partial charge in [-0.2, -0.15) is 0 Å². The molecule has 1 aromatic carbocycles. The first-order valence-corrected chi connectivity index (χ1v) is 10.0. The van der Waals surface area contributed by atoms with Crippen LogP contribution in [-0.4, -0.2) is 52.5 Å². The molecule has 0 spiro atoms. The number of rotatable bonds is 5. The summed E-state index contributed by atoms with van der Waals surface area (Å²) in [5.41, 5.74) is -0.918. The molecule has 0 aliphatic carbocycles. The first-order valence-electron chi connectivity index (χ1n) is 8.79. The molecule has 3 rings (SSSR count). The maximum atomic E-state index is 13.0. The second-order valence-corrected chi connectivity index (χ2v) is 8.33. The number of carbonyl (C=O) groups is 1. The van der Waals surface area contributed by atoms with Gasteiger partial charge in [0, 0.05) is 42.8 Å². The monoisotopic (exact) mass is 393 g/mol. The minimum absolute atomic E-state index is 0.0172. The van der Waals surface area contributed by atoms with Crippen molar-refractivity contribution >= 4 is 28.8 Å². The lowest BCUT2D eigenvalue weighted by atomic mass is 10.1. The number of aromatic nitrogens is 1. The molecule has 1 aliphatic heterocycles. The van der Waals surface area contributed by atoms with Gasteiger partial charge in [0.05, 0.1) is 6.54 Å². The summed E-state index contributed by atoms with van der Waals surface area (Å²) in [5.74, 6) is 0.663. The lowest BCUT2D eigenvalue weighted by molar-refractivity contribution is -0.145. The van der Waals surface area contributed by atoms with Crippen LogP contribution in [0.5, 0.6) is 5.75 Å². The second kappa shape index (κ2) is 8.37. The molecule has 0 unspecified atom stereocenters. The fraction of sp³-hybridized carbons (Fsp3) is 0.474. The normalized spacial score (nSPS) is 16.3. The third-order valence-corrected chi connectivity index (χ3v) is 5.44. The van der Waals surface area contributed by atoms with Crippen molar-refractivity contribution in [1.29, 1.82) is 0 Å². The zero-order valence-electron chi connectivity index (χ0n) is 15.2. The minimum Gasteiger partial charge on any atom is -0.478 e. The van der Waals surface area contributed by atoms with Gasteiger partial charge < -0.3 is 9.64 Å². The van der Waals surface area contributed by atoms with E-state index in [-0.39, 0.29) is 5.91 Å². The fourth-order valence-corrected chi connectivity index (χ4v) is 3.86. The van der Waals surface area contributed by atoms with E-state index in [1.165, 1.54) is 0 Å². The van der Waals surface area contributed by atoms with Crippen LogP contribution < -0.4 is 4.74 Å². The van der Waals surface area contributed by atoms with E-state index in [1.54, 1.807) is 35.6 Å². The molecule has 1 aliphatic rings. The molecule has 0 bridgehead atoms. The van der Waals surface area contributed by atoms with Crippen molar-refractivity contribution in [3.63, 3.8) is 0 Å². The van der Waals surface area contributed by atoms with E-state index >= 15 is 0 Å². The van der Waals surface area contributed by atoms with Gasteiger partial charge in [-0.1, -0.05) is 11.6 Å². The summed E-state index contributed by atoms with van der Waals surface area (Å²) in [4.78, 5) is 21.6. The number of nitrogens with zero attached hydrogens (tertiary/aromatic N) is 3. The first-order chi connectivity index (χ1) is 12.4. The van der Waals surface area contributed by atoms with Crippen LogP contribution >= 0.6 is 22.9 Å². The molecular formula is C19H24ClN3O2S. The van der Waals surface area contributed by atoms with Crippen molar-refractivity contribution in [1.82, 2.24) is 14.8 Å². The summed E-state index contributed by atoms with van der Waals surface area (Å²) in [6, 6.07) is 7.10. The number of hydrogen-bond donors (Lipinski definition) is 0. The molecule has 0 radical (unpaired) electrons. The van der Waals surface area contributed by atoms with Crippen molar-refractivity contribution < 1.29 is 9.53 Å². The smallest absolute Gasteiger partial charge is 0.266 e. The predicted molar refractivity (Wildman–Crippen MR) is 105 cm³/mol. The standard InChI is InChI=1S/C19H24ClN3O2S/c1-19(2,25-16-6-4-15(20)5-7-16)18(24)23-10-3-9-22(11-12-23)14-17-21-8-13-26-17/h4-8,13H,3,9-12,14H2,1-2H3. The van der Waals surface area contributed by atoms with Gasteiger partial charge in [-0.3, -0.25) is 9.69 Å². The van der Waals surface area contributed by atoms with Crippen LogP contribution in [0.2, 0.25) is 5.02 Å². The Morgan fingerprint density at radius 3 is 2.69 bits per heavy atom. The van der Waals surface area contributed by atoms with Gasteiger partial charge in [-0.25, -0.2) is 4.98 Å². The number of benzene rings is 1. The van der Waals surface area contributed by atoms with Crippen molar-refractivity contribution in [3.8, 4) is 5.75 Å². The zero-order chi connectivity index (χ0) is 18.6. The zero-order valence-corrected chi connectivity index (χ0v) is 16.7. The highest BCUT2D eigenvalue weighted by Gasteiger charge is 2.35. The Bertz CT molecular complexity index is 719. The van der Waals surface area contributed by atoms with E-state index in [4.69, 9.17) is 16.3 Å². The highest BCUT2D eigenvalue weighted by molar-refractivity contribution is 7.09. The molecule has 5 nitrogen and oxygen atoms in total. The van der Waals surface area contributed by atoms with Gasteiger partial charge in [0.15, 0.2) is 5.60 Å². The lowest BCUT2D eigenvalue weighted by Gasteiger charge is -2.31. The van der Waals surface area contributed by atoms with Gasteiger partial charge in [0.1, 0.15) is 10.8 Å². The molecule has 7 heteroatoms. The molecule has 1 amide bonds. The third-order valence-electron chi connectivity index (χ3n) is 4.42. The SMILES string of the molecule is CC(C)(Oc1ccc(Cl)cc1)C(=O)N1CCCN(Cc2nccs2)CC1. The maximum absolute atomic E-state index is 13.0. The van der Waals surface area contributed by atoms with E-state index in [9.17, 15) is 4.79 Å². The highest BCUT2D eigenvalue weighted by Crippen LogP contribution is 2.23. The molecule has 1 saturated heterocycles. The largest absolute Gasteiger partial charge is 0.478 e. The number of thiazole rings is 1. The van der Waals surface area contributed by atoms with Gasteiger partial charge in [0.25, 0.3) is 5.91 Å². The Labute approximate surface area is 163 Å². The van der Waals surface area contributed by atoms with E-state index in [0.717, 1.165) is 37.6 Å². The Morgan fingerprint density at radius 2 is 2.00 bits per heavy atom. The summed E-state index contributed by atoms with van der Waals surface area (Å²) in [6.45, 7) is 7.77. The highest BCUT2D eigenvalue weighted by atomic mass is 35.5. The van der Waals surface area contributed by atoms with Gasteiger partial charge >= 0.3 is 0 Å². The van der Waals surface area contributed by atoms with E-state index in [0.29, 0.717) is 17.3 Å². The molecule has 0 atom stereocenters. The Kier molecular flexibility index (Phi) is 6.16. The van der Waals surface area contributed by atoms with Gasteiger partial charge in [-0.15, -0.1) is 11.3 Å². The molecule has 2 heterocycles. The van der Waals surface area contributed by atoms with Crippen LogP contribution in [0.25, 0.3) is 0 Å². The van der Waals surface area contributed by atoms with Crippen molar-refractivity contribution in [2.45, 2.75) is 32.4 Å². The molecular weight excluding hydrogens is 370 g/mol. The quantitative estimate of drug-likeness (QED) is 0.777. The average Bonchev–Trinajstić information content (AvgIpc) is 3.01. The molecule has 0 saturated carbocycles. The lowest BCUT2D eigenvalue weighted by Crippen LogP contribution is -2.50. The van der Waals surface area contributed by atoms with Gasteiger partial charge in [0.2, 0.25) is 0 Å². The van der Waals surface area contributed by atoms with Crippen molar-refractivity contribution in [2.75, 3.05) is 26.2 Å². The molecule has 1 aromatic heterocycles. The van der Waals surface area contributed by atoms with Crippen LogP contribution in [0.15, 0.2) is 35.8 Å². The second-order valence-electron chi connectivity index (χ2n) is 6.91. The van der Waals surface area contributed by atoms with E-state index < -0.39 is 5.60 Å². The van der Waals surface area contributed by atoms with E-state index in [2.05, 4.69) is 9.88 Å². The molecule has 2 aromatic rings. The number of ether oxygens (including phenoxy) is 1. The van der Waals surface area contributed by atoms with E-state index in [1.807, 2.05) is 30.3 Å². The van der Waals surface area contributed by atoms with Crippen LogP contribution in [-0.2, 0) is 11.3 Å². The predicted octanol–water partition coefficient (Wildman–Crippen LogP) is 3.69. The van der Waals surface area contributed by atoms with Crippen LogP contribution in [0, 0.1) is 0 Å². The molecule has 26 heavy (non-hydrogen) atoms. The van der Waals surface area contributed by atoms with Gasteiger partial charge in [-0.05, 0) is 44.5 Å². The summed E-state index contributed by atoms with van der Waals surface area (Å²) in [5, 5.41) is 3.77. The average molecular weight is 394 g/mol. The summed E-state index contributed by atoms with van der Waals surface area (Å²) >= 11 is 7.58. The number of hydrogen-bond acceptors (Lipinski definition) is 5. The molecule has 140 valence electrons. The summed E-state index contributed by atoms with van der Waals surface area (Å²) < 4.78 is 5.95. The Hall–Kier alpha value is -1.63. The van der Waals surface area contributed by atoms with Crippen LogP contribution in [0.4, 0.5) is 0 Å². The molecule has 1 fully saturated rings. The number of halogens is 1. The third kappa shape index (κ3) is 4.96. The van der Waals surface area contributed by atoms with Crippen molar-refractivity contribution in [2.24, 2.45) is 0 Å². The first kappa shape index (κ1) is 19.1. The minimum atomic E-state index is -0.918.